The lowest BCUT2D eigenvalue weighted by Crippen LogP contribution is -2.48. The lowest BCUT2D eigenvalue weighted by Gasteiger charge is -2.38. The summed E-state index contributed by atoms with van der Waals surface area (Å²) in [6.07, 6.45) is 3.58. The molecule has 0 unspecified atom stereocenters. The molecule has 5 heteroatoms. The van der Waals surface area contributed by atoms with Crippen LogP contribution in [0.1, 0.15) is 52.9 Å². The van der Waals surface area contributed by atoms with Gasteiger partial charge in [0.2, 0.25) is 5.91 Å². The van der Waals surface area contributed by atoms with E-state index in [1.807, 2.05) is 25.7 Å². The van der Waals surface area contributed by atoms with Crippen molar-refractivity contribution in [2.75, 3.05) is 52.9 Å². The van der Waals surface area contributed by atoms with Crippen LogP contribution in [0.4, 0.5) is 0 Å². The highest BCUT2D eigenvalue weighted by Crippen LogP contribution is 2.20. The van der Waals surface area contributed by atoms with E-state index in [-0.39, 0.29) is 11.7 Å². The van der Waals surface area contributed by atoms with Crippen molar-refractivity contribution in [3.8, 4) is 0 Å². The highest BCUT2D eigenvalue weighted by molar-refractivity contribution is 5.84. The Balaban J connectivity index is 0.00000139. The molecule has 0 saturated carbocycles. The number of hydrogen-bond acceptors (Lipinski definition) is 4. The van der Waals surface area contributed by atoms with Gasteiger partial charge in [0.25, 0.3) is 0 Å². The van der Waals surface area contributed by atoms with Crippen LogP contribution in [0.15, 0.2) is 0 Å². The maximum Gasteiger partial charge on any atom is 0.223 e. The molecule has 0 aromatic carbocycles. The molecule has 0 aliphatic carbocycles. The molecular weight excluding hydrogens is 302 g/mol. The quantitative estimate of drug-likeness (QED) is 0.744. The zero-order valence-electron chi connectivity index (χ0n) is 16.2. The summed E-state index contributed by atoms with van der Waals surface area (Å²) >= 11 is 0. The van der Waals surface area contributed by atoms with E-state index < -0.39 is 0 Å². The second kappa shape index (κ2) is 11.6. The Hall–Kier alpha value is -0.940. The Morgan fingerprint density at radius 2 is 1.50 bits per heavy atom. The molecule has 24 heavy (non-hydrogen) atoms. The van der Waals surface area contributed by atoms with E-state index in [1.54, 1.807) is 0 Å². The summed E-state index contributed by atoms with van der Waals surface area (Å²) < 4.78 is 0. The number of ketones is 1. The number of rotatable bonds is 6. The topological polar surface area (TPSA) is 43.9 Å². The van der Waals surface area contributed by atoms with Gasteiger partial charge in [-0.2, -0.15) is 0 Å². The minimum absolute atomic E-state index is 0.167. The Labute approximate surface area is 148 Å². The van der Waals surface area contributed by atoms with Crippen LogP contribution < -0.4 is 0 Å². The molecule has 2 heterocycles. The summed E-state index contributed by atoms with van der Waals surface area (Å²) in [6, 6.07) is 0. The van der Waals surface area contributed by atoms with Gasteiger partial charge in [0.1, 0.15) is 5.78 Å². The third-order valence-electron chi connectivity index (χ3n) is 5.09. The van der Waals surface area contributed by atoms with Crippen LogP contribution in [0.2, 0.25) is 0 Å². The molecule has 0 aromatic rings. The van der Waals surface area contributed by atoms with Crippen LogP contribution in [0.5, 0.6) is 0 Å². The van der Waals surface area contributed by atoms with Crippen LogP contribution in [-0.2, 0) is 9.59 Å². The molecule has 2 rings (SSSR count). The maximum atomic E-state index is 12.1. The molecule has 0 N–H and O–H groups in total. The van der Waals surface area contributed by atoms with E-state index in [4.69, 9.17) is 0 Å². The van der Waals surface area contributed by atoms with Crippen molar-refractivity contribution in [2.45, 2.75) is 52.9 Å². The first-order valence-electron chi connectivity index (χ1n) is 9.79. The smallest absolute Gasteiger partial charge is 0.223 e. The van der Waals surface area contributed by atoms with Gasteiger partial charge in [-0.1, -0.05) is 20.8 Å². The van der Waals surface area contributed by atoms with E-state index in [1.165, 1.54) is 32.7 Å². The van der Waals surface area contributed by atoms with Crippen molar-refractivity contribution in [3.63, 3.8) is 0 Å². The van der Waals surface area contributed by atoms with Crippen molar-refractivity contribution in [2.24, 2.45) is 5.92 Å². The number of carbonyl (C=O) groups is 2. The largest absolute Gasteiger partial charge is 0.343 e. The van der Waals surface area contributed by atoms with E-state index in [0.29, 0.717) is 19.3 Å². The molecule has 0 aromatic heterocycles. The molecule has 2 fully saturated rings. The fraction of sp³-hybridized carbons (Fsp3) is 0.895. The lowest BCUT2D eigenvalue weighted by molar-refractivity contribution is -0.134. The SMILES string of the molecule is CC.CCC(=O)CCC(=O)N1CCC(CN2CCN(C)CC2)CC1. The summed E-state index contributed by atoms with van der Waals surface area (Å²) in [5.74, 6) is 1.09. The summed E-state index contributed by atoms with van der Waals surface area (Å²) in [5.41, 5.74) is 0. The maximum absolute atomic E-state index is 12.1. The van der Waals surface area contributed by atoms with Crippen molar-refractivity contribution < 1.29 is 9.59 Å². The van der Waals surface area contributed by atoms with Crippen LogP contribution in [0.3, 0.4) is 0 Å². The number of amides is 1. The predicted molar refractivity (Wildman–Crippen MR) is 99.1 cm³/mol. The van der Waals surface area contributed by atoms with Gasteiger partial charge < -0.3 is 14.7 Å². The monoisotopic (exact) mass is 339 g/mol. The number of likely N-dealkylation sites (tertiary alicyclic amines) is 1. The van der Waals surface area contributed by atoms with Crippen LogP contribution in [-0.4, -0.2) is 79.3 Å². The molecular formula is C19H37N3O2. The molecule has 0 radical (unpaired) electrons. The average molecular weight is 340 g/mol. The molecule has 2 aliphatic rings. The second-order valence-electron chi connectivity index (χ2n) is 6.82. The first kappa shape index (κ1) is 21.1. The Kier molecular flexibility index (Phi) is 10.2. The number of piperazine rings is 1. The van der Waals surface area contributed by atoms with Crippen molar-refractivity contribution >= 4 is 11.7 Å². The normalized spacial score (nSPS) is 20.4. The van der Waals surface area contributed by atoms with Gasteiger partial charge in [-0.05, 0) is 25.8 Å². The molecule has 0 bridgehead atoms. The second-order valence-corrected chi connectivity index (χ2v) is 6.82. The van der Waals surface area contributed by atoms with Crippen LogP contribution in [0, 0.1) is 5.92 Å². The van der Waals surface area contributed by atoms with Gasteiger partial charge in [-0.25, -0.2) is 0 Å². The third kappa shape index (κ3) is 7.31. The summed E-state index contributed by atoms with van der Waals surface area (Å²) in [7, 11) is 2.19. The summed E-state index contributed by atoms with van der Waals surface area (Å²) in [6.45, 7) is 13.5. The Morgan fingerprint density at radius 3 is 2.04 bits per heavy atom. The Bertz CT molecular complexity index is 371. The van der Waals surface area contributed by atoms with Gasteiger partial charge in [-0.15, -0.1) is 0 Å². The molecule has 0 spiro atoms. The van der Waals surface area contributed by atoms with Crippen LogP contribution in [0.25, 0.3) is 0 Å². The third-order valence-corrected chi connectivity index (χ3v) is 5.09. The zero-order valence-corrected chi connectivity index (χ0v) is 16.2. The van der Waals surface area contributed by atoms with E-state index in [9.17, 15) is 9.59 Å². The van der Waals surface area contributed by atoms with Gasteiger partial charge in [-0.3, -0.25) is 9.59 Å². The van der Waals surface area contributed by atoms with Crippen molar-refractivity contribution in [1.82, 2.24) is 14.7 Å². The molecule has 140 valence electrons. The van der Waals surface area contributed by atoms with Gasteiger partial charge in [0.15, 0.2) is 0 Å². The first-order valence-corrected chi connectivity index (χ1v) is 9.79. The number of nitrogens with zero attached hydrogens (tertiary/aromatic N) is 3. The van der Waals surface area contributed by atoms with E-state index in [2.05, 4.69) is 16.8 Å². The molecule has 0 atom stereocenters. The number of likely N-dealkylation sites (N-methyl/N-ethyl adjacent to an activating group) is 1. The lowest BCUT2D eigenvalue weighted by atomic mass is 9.95. The fourth-order valence-electron chi connectivity index (χ4n) is 3.34. The number of piperidine rings is 1. The van der Waals surface area contributed by atoms with E-state index >= 15 is 0 Å². The number of carbonyl (C=O) groups excluding carboxylic acids is 2. The van der Waals surface area contributed by atoms with Crippen LogP contribution >= 0.6 is 0 Å². The first-order chi connectivity index (χ1) is 11.6. The molecule has 1 amide bonds. The summed E-state index contributed by atoms with van der Waals surface area (Å²) in [5, 5.41) is 0. The number of Topliss-reactive ketones (excluding diaryl/α,β-unsaturated/α-hetero) is 1. The number of hydrogen-bond donors (Lipinski definition) is 0. The van der Waals surface area contributed by atoms with E-state index in [0.717, 1.165) is 31.8 Å². The minimum Gasteiger partial charge on any atom is -0.343 e. The molecule has 2 aliphatic heterocycles. The predicted octanol–water partition coefficient (Wildman–Crippen LogP) is 2.26. The minimum atomic E-state index is 0.167. The van der Waals surface area contributed by atoms with Crippen molar-refractivity contribution in [1.29, 1.82) is 0 Å². The fourth-order valence-corrected chi connectivity index (χ4v) is 3.34. The standard InChI is InChI=1S/C17H31N3O2.C2H6/c1-3-16(21)4-5-17(22)20-8-6-15(7-9-20)14-19-12-10-18(2)11-13-19;1-2/h15H,3-14H2,1-2H3;1-2H3. The summed E-state index contributed by atoms with van der Waals surface area (Å²) in [4.78, 5) is 30.3. The molecule has 2 saturated heterocycles. The molecule has 5 nitrogen and oxygen atoms in total. The average Bonchev–Trinajstić information content (AvgIpc) is 2.63. The highest BCUT2D eigenvalue weighted by atomic mass is 16.2. The van der Waals surface area contributed by atoms with Gasteiger partial charge >= 0.3 is 0 Å². The van der Waals surface area contributed by atoms with Gasteiger partial charge in [0.05, 0.1) is 0 Å². The zero-order chi connectivity index (χ0) is 17.9. The highest BCUT2D eigenvalue weighted by Gasteiger charge is 2.25. The van der Waals surface area contributed by atoms with Crippen molar-refractivity contribution in [3.05, 3.63) is 0 Å². The van der Waals surface area contributed by atoms with Gasteiger partial charge in [0, 0.05) is 65.1 Å². The Morgan fingerprint density at radius 1 is 0.917 bits per heavy atom.